The molecule has 11 rings (SSSR count). The van der Waals surface area contributed by atoms with E-state index in [9.17, 15) is 0 Å². The Morgan fingerprint density at radius 3 is 1.77 bits per heavy atom. The van der Waals surface area contributed by atoms with Gasteiger partial charge in [0.2, 0.25) is 0 Å². The van der Waals surface area contributed by atoms with Crippen molar-refractivity contribution in [3.63, 3.8) is 0 Å². The third-order valence-electron chi connectivity index (χ3n) is 11.4. The van der Waals surface area contributed by atoms with Gasteiger partial charge in [0.1, 0.15) is 0 Å². The number of fused-ring (bicyclic) bond motifs is 11. The first-order chi connectivity index (χ1) is 26.2. The van der Waals surface area contributed by atoms with Gasteiger partial charge in [-0.3, -0.25) is 0 Å². The monoisotopic (exact) mass is 713 g/mol. The number of allylic oxidation sites excluding steroid dienone is 1. The topological polar surface area (TPSA) is 4.93 Å². The van der Waals surface area contributed by atoms with Crippen LogP contribution in [0.3, 0.4) is 0 Å². The van der Waals surface area contributed by atoms with Gasteiger partial charge in [-0.2, -0.15) is 0 Å². The molecule has 7 aromatic carbocycles. The summed E-state index contributed by atoms with van der Waals surface area (Å²) in [6.07, 6.45) is 3.58. The summed E-state index contributed by atoms with van der Waals surface area (Å²) in [5, 5.41) is 1.35. The van der Waals surface area contributed by atoms with Crippen molar-refractivity contribution in [3.8, 4) is 16.8 Å². The molecule has 3 heterocycles. The van der Waals surface area contributed by atoms with Crippen molar-refractivity contribution in [1.82, 2.24) is 4.57 Å². The highest BCUT2D eigenvalue weighted by Gasteiger charge is 2.51. The molecule has 2 atom stereocenters. The van der Waals surface area contributed by atoms with E-state index in [2.05, 4.69) is 187 Å². The predicted molar refractivity (Wildman–Crippen MR) is 222 cm³/mol. The lowest BCUT2D eigenvalue weighted by Gasteiger charge is -2.47. The van der Waals surface area contributed by atoms with Crippen molar-refractivity contribution in [1.29, 1.82) is 0 Å². The van der Waals surface area contributed by atoms with E-state index in [1.807, 2.05) is 23.5 Å². The van der Waals surface area contributed by atoms with Gasteiger partial charge in [-0.25, -0.2) is 0 Å². The third kappa shape index (κ3) is 4.48. The highest BCUT2D eigenvalue weighted by Crippen LogP contribution is 2.64. The number of hydrogen-bond acceptors (Lipinski definition) is 2. The SMILES string of the molecule is CC1C=C(c2cccc3c2C2(c4ccccc4S3)c3ccccc3Sc3cccc(-c4ccccc4)c32)c2c(c3ccccc3n2-c2ccccc2)C1. The van der Waals surface area contributed by atoms with Crippen LogP contribution in [0.25, 0.3) is 33.3 Å². The van der Waals surface area contributed by atoms with Crippen LogP contribution in [-0.4, -0.2) is 4.57 Å². The minimum atomic E-state index is -0.567. The number of nitrogens with zero attached hydrogens (tertiary/aromatic N) is 1. The number of hydrogen-bond donors (Lipinski definition) is 0. The quantitative estimate of drug-likeness (QED) is 0.180. The molecule has 3 heteroatoms. The van der Waals surface area contributed by atoms with Crippen LogP contribution in [0.2, 0.25) is 0 Å². The molecule has 1 aliphatic carbocycles. The van der Waals surface area contributed by atoms with E-state index in [-0.39, 0.29) is 0 Å². The summed E-state index contributed by atoms with van der Waals surface area (Å²) in [5.41, 5.74) is 15.3. The first-order valence-corrected chi connectivity index (χ1v) is 20.1. The van der Waals surface area contributed by atoms with E-state index in [0.29, 0.717) is 5.92 Å². The normalized spacial score (nSPS) is 18.1. The van der Waals surface area contributed by atoms with Crippen LogP contribution in [0.4, 0.5) is 0 Å². The Kier molecular flexibility index (Phi) is 7.05. The van der Waals surface area contributed by atoms with Gasteiger partial charge in [0.25, 0.3) is 0 Å². The number of rotatable bonds is 3. The van der Waals surface area contributed by atoms with Crippen LogP contribution in [-0.2, 0) is 11.8 Å². The van der Waals surface area contributed by atoms with E-state index in [4.69, 9.17) is 0 Å². The largest absolute Gasteiger partial charge is 0.309 e. The second kappa shape index (κ2) is 12.0. The maximum absolute atomic E-state index is 2.57. The summed E-state index contributed by atoms with van der Waals surface area (Å²) in [4.78, 5) is 5.27. The fraction of sp³-hybridized carbons (Fsp3) is 0.0800. The summed E-state index contributed by atoms with van der Waals surface area (Å²) >= 11 is 3.84. The third-order valence-corrected chi connectivity index (χ3v) is 13.7. The molecule has 1 spiro atoms. The summed E-state index contributed by atoms with van der Waals surface area (Å²) in [6.45, 7) is 2.39. The Balaban J connectivity index is 1.31. The lowest BCUT2D eigenvalue weighted by atomic mass is 9.61. The van der Waals surface area contributed by atoms with E-state index in [0.717, 1.165) is 6.42 Å². The van der Waals surface area contributed by atoms with Crippen molar-refractivity contribution in [2.75, 3.05) is 0 Å². The fourth-order valence-electron chi connectivity index (χ4n) is 9.47. The molecule has 3 aliphatic rings. The second-order valence-electron chi connectivity index (χ2n) is 14.4. The Morgan fingerprint density at radius 1 is 0.528 bits per heavy atom. The van der Waals surface area contributed by atoms with Crippen LogP contribution < -0.4 is 0 Å². The van der Waals surface area contributed by atoms with Gasteiger partial charge in [0.05, 0.1) is 16.6 Å². The standard InChI is InChI=1S/C50H35NS2/c1-32-30-38-36-20-8-11-25-42(36)51(34-18-6-3-7-19-34)49(38)39(31-32)37-22-15-29-46-48(37)50(41-24-10-13-27-44(41)53-46)40-23-9-12-26-43(40)52-45-28-14-21-35(47(45)50)33-16-4-2-5-17-33/h2-29,31-32H,30H2,1H3. The summed E-state index contributed by atoms with van der Waals surface area (Å²) < 4.78 is 2.53. The molecule has 0 saturated heterocycles. The van der Waals surface area contributed by atoms with Crippen LogP contribution in [0.5, 0.6) is 0 Å². The van der Waals surface area contributed by atoms with Gasteiger partial charge in [-0.05, 0) is 99.3 Å². The molecule has 53 heavy (non-hydrogen) atoms. The second-order valence-corrected chi connectivity index (χ2v) is 16.6. The molecule has 2 unspecified atom stereocenters. The summed E-state index contributed by atoms with van der Waals surface area (Å²) in [7, 11) is 0. The minimum absolute atomic E-state index is 0.379. The number of aromatic nitrogens is 1. The zero-order valence-electron chi connectivity index (χ0n) is 29.3. The zero-order valence-corrected chi connectivity index (χ0v) is 30.9. The van der Waals surface area contributed by atoms with E-state index < -0.39 is 5.41 Å². The van der Waals surface area contributed by atoms with Gasteiger partial charge >= 0.3 is 0 Å². The molecule has 0 radical (unpaired) electrons. The van der Waals surface area contributed by atoms with Gasteiger partial charge in [0.15, 0.2) is 0 Å². The lowest BCUT2D eigenvalue weighted by molar-refractivity contribution is 0.665. The predicted octanol–water partition coefficient (Wildman–Crippen LogP) is 13.2. The van der Waals surface area contributed by atoms with Gasteiger partial charge < -0.3 is 4.57 Å². The Hall–Kier alpha value is -5.48. The van der Waals surface area contributed by atoms with Crippen molar-refractivity contribution in [3.05, 3.63) is 215 Å². The van der Waals surface area contributed by atoms with E-state index >= 15 is 0 Å². The van der Waals surface area contributed by atoms with Crippen molar-refractivity contribution < 1.29 is 0 Å². The molecule has 0 amide bonds. The van der Waals surface area contributed by atoms with Crippen molar-refractivity contribution in [2.45, 2.75) is 38.3 Å². The van der Waals surface area contributed by atoms with Gasteiger partial charge in [0, 0.05) is 36.2 Å². The van der Waals surface area contributed by atoms with Gasteiger partial charge in [-0.1, -0.05) is 164 Å². The molecule has 2 aliphatic heterocycles. The van der Waals surface area contributed by atoms with Gasteiger partial charge in [-0.15, -0.1) is 0 Å². The van der Waals surface area contributed by atoms with E-state index in [1.165, 1.54) is 91.9 Å². The Morgan fingerprint density at radius 2 is 1.08 bits per heavy atom. The maximum atomic E-state index is 2.57. The highest BCUT2D eigenvalue weighted by molar-refractivity contribution is 8.00. The van der Waals surface area contributed by atoms with E-state index in [1.54, 1.807) is 0 Å². The molecule has 8 aromatic rings. The maximum Gasteiger partial charge on any atom is 0.0757 e. The minimum Gasteiger partial charge on any atom is -0.309 e. The molecule has 0 bridgehead atoms. The first-order valence-electron chi connectivity index (χ1n) is 18.5. The van der Waals surface area contributed by atoms with Crippen LogP contribution in [0.15, 0.2) is 196 Å². The van der Waals surface area contributed by atoms with Crippen LogP contribution in [0.1, 0.15) is 46.0 Å². The van der Waals surface area contributed by atoms with Crippen LogP contribution >= 0.6 is 23.5 Å². The molecule has 0 saturated carbocycles. The highest BCUT2D eigenvalue weighted by atomic mass is 32.2. The Bertz CT molecular complexity index is 2730. The molecular weight excluding hydrogens is 679 g/mol. The van der Waals surface area contributed by atoms with Crippen molar-refractivity contribution >= 4 is 40.0 Å². The molecule has 1 aromatic heterocycles. The lowest BCUT2D eigenvalue weighted by Crippen LogP contribution is -2.38. The molecule has 252 valence electrons. The number of benzene rings is 7. The Labute approximate surface area is 319 Å². The summed E-state index contributed by atoms with van der Waals surface area (Å²) in [6, 6.07) is 63.4. The fourth-order valence-corrected chi connectivity index (χ4v) is 11.9. The average molecular weight is 714 g/mol. The smallest absolute Gasteiger partial charge is 0.0757 e. The number of para-hydroxylation sites is 2. The summed E-state index contributed by atoms with van der Waals surface area (Å²) in [5.74, 6) is 0.379. The zero-order chi connectivity index (χ0) is 35.1. The average Bonchev–Trinajstić information content (AvgIpc) is 3.54. The molecular formula is C50H35NS2. The first kappa shape index (κ1) is 31.1. The van der Waals surface area contributed by atoms with Crippen LogP contribution in [0, 0.1) is 5.92 Å². The molecule has 0 N–H and O–H groups in total. The molecule has 1 nitrogen and oxygen atoms in total. The molecule has 0 fully saturated rings. The van der Waals surface area contributed by atoms with Crippen molar-refractivity contribution in [2.24, 2.45) is 5.92 Å².